The Morgan fingerprint density at radius 1 is 1.30 bits per heavy atom. The zero-order valence-electron chi connectivity index (χ0n) is 14.4. The van der Waals surface area contributed by atoms with Gasteiger partial charge in [-0.2, -0.15) is 5.26 Å². The summed E-state index contributed by atoms with van der Waals surface area (Å²) in [7, 11) is 0. The maximum Gasteiger partial charge on any atom is 0.229 e. The third kappa shape index (κ3) is 3.73. The Morgan fingerprint density at radius 3 is 2.81 bits per heavy atom. The van der Waals surface area contributed by atoms with Gasteiger partial charge in [0, 0.05) is 25.2 Å². The normalized spacial score (nSPS) is 14.9. The number of nitrogens with zero attached hydrogens (tertiary/aromatic N) is 4. The number of nitriles is 1. The van der Waals surface area contributed by atoms with Crippen molar-refractivity contribution in [2.24, 2.45) is 5.92 Å². The first kappa shape index (κ1) is 17.4. The smallest absolute Gasteiger partial charge is 0.229 e. The predicted molar refractivity (Wildman–Crippen MR) is 102 cm³/mol. The minimum Gasteiger partial charge on any atom is -0.357 e. The molecule has 1 aliphatic rings. The fourth-order valence-electron chi connectivity index (χ4n) is 3.17. The molecule has 1 aliphatic heterocycles. The van der Waals surface area contributed by atoms with Crippen molar-refractivity contribution in [2.75, 3.05) is 23.3 Å². The number of carbonyl (C=O) groups is 1. The Bertz CT molecular complexity index is 1020. The average Bonchev–Trinajstić information content (AvgIpc) is 3.09. The van der Waals surface area contributed by atoms with Crippen LogP contribution >= 0.6 is 11.3 Å². The summed E-state index contributed by atoms with van der Waals surface area (Å²) in [6.07, 6.45) is 2.99. The van der Waals surface area contributed by atoms with Crippen LogP contribution < -0.4 is 10.2 Å². The number of thiazole rings is 1. The molecular formula is C19H16FN5OS. The largest absolute Gasteiger partial charge is 0.357 e. The number of fused-ring (bicyclic) bond motifs is 1. The molecule has 0 bridgehead atoms. The number of hydrogen-bond donors (Lipinski definition) is 1. The Balaban J connectivity index is 1.37. The molecule has 27 heavy (non-hydrogen) atoms. The van der Waals surface area contributed by atoms with Crippen LogP contribution in [0.5, 0.6) is 0 Å². The highest BCUT2D eigenvalue weighted by Gasteiger charge is 2.26. The van der Waals surface area contributed by atoms with Gasteiger partial charge < -0.3 is 10.2 Å². The minimum atomic E-state index is -0.312. The Morgan fingerprint density at radius 2 is 2.11 bits per heavy atom. The Labute approximate surface area is 159 Å². The summed E-state index contributed by atoms with van der Waals surface area (Å²) in [5.74, 6) is 0.360. The molecule has 4 rings (SSSR count). The van der Waals surface area contributed by atoms with Gasteiger partial charge in [-0.25, -0.2) is 14.4 Å². The zero-order chi connectivity index (χ0) is 18.8. The number of amides is 1. The quantitative estimate of drug-likeness (QED) is 0.750. The molecule has 6 nitrogen and oxygen atoms in total. The fraction of sp³-hybridized carbons (Fsp3) is 0.263. The van der Waals surface area contributed by atoms with Crippen LogP contribution in [-0.4, -0.2) is 29.0 Å². The van der Waals surface area contributed by atoms with Gasteiger partial charge in [-0.15, -0.1) is 0 Å². The summed E-state index contributed by atoms with van der Waals surface area (Å²) in [6.45, 7) is 1.45. The van der Waals surface area contributed by atoms with Crippen molar-refractivity contribution < 1.29 is 9.18 Å². The minimum absolute atomic E-state index is 0.0537. The lowest BCUT2D eigenvalue weighted by atomic mass is 9.96. The topological polar surface area (TPSA) is 81.9 Å². The lowest BCUT2D eigenvalue weighted by Gasteiger charge is -2.31. The first-order valence-corrected chi connectivity index (χ1v) is 9.42. The molecule has 1 fully saturated rings. The van der Waals surface area contributed by atoms with E-state index in [1.54, 1.807) is 18.3 Å². The Hall–Kier alpha value is -3.05. The summed E-state index contributed by atoms with van der Waals surface area (Å²) >= 11 is 1.27. The molecule has 1 N–H and O–H groups in total. The number of hydrogen-bond acceptors (Lipinski definition) is 6. The zero-order valence-corrected chi connectivity index (χ0v) is 15.2. The first-order valence-electron chi connectivity index (χ1n) is 8.60. The third-order valence-corrected chi connectivity index (χ3v) is 5.58. The van der Waals surface area contributed by atoms with E-state index in [2.05, 4.69) is 26.3 Å². The summed E-state index contributed by atoms with van der Waals surface area (Å²) in [5, 5.41) is 12.2. The standard InChI is InChI=1S/C19H16FN5OS/c20-14-2-3-15-16(9-14)27-19(23-15)24-18(26)13-5-7-25(8-6-13)17-4-1-12(10-21)11-22-17/h1-4,9,11,13H,5-8H2,(H,23,24,26). The number of halogens is 1. The van der Waals surface area contributed by atoms with Gasteiger partial charge >= 0.3 is 0 Å². The van der Waals surface area contributed by atoms with Gasteiger partial charge in [-0.3, -0.25) is 4.79 Å². The molecule has 1 amide bonds. The third-order valence-electron chi connectivity index (χ3n) is 4.65. The molecule has 2 aromatic heterocycles. The lowest BCUT2D eigenvalue weighted by molar-refractivity contribution is -0.120. The van der Waals surface area contributed by atoms with E-state index in [-0.39, 0.29) is 17.6 Å². The SMILES string of the molecule is N#Cc1ccc(N2CCC(C(=O)Nc3nc4ccc(F)cc4s3)CC2)nc1. The van der Waals surface area contributed by atoms with E-state index in [1.807, 2.05) is 6.07 Å². The second-order valence-corrected chi connectivity index (χ2v) is 7.43. The molecule has 0 saturated carbocycles. The van der Waals surface area contributed by atoms with E-state index in [0.29, 0.717) is 33.8 Å². The molecule has 0 aliphatic carbocycles. The second kappa shape index (κ2) is 7.29. The molecular weight excluding hydrogens is 365 g/mol. The van der Waals surface area contributed by atoms with Crippen LogP contribution in [0.4, 0.5) is 15.3 Å². The van der Waals surface area contributed by atoms with Gasteiger partial charge in [0.05, 0.1) is 15.8 Å². The van der Waals surface area contributed by atoms with Gasteiger partial charge in [0.15, 0.2) is 5.13 Å². The molecule has 8 heteroatoms. The Kier molecular flexibility index (Phi) is 4.69. The highest BCUT2D eigenvalue weighted by molar-refractivity contribution is 7.22. The number of rotatable bonds is 3. The fourth-order valence-corrected chi connectivity index (χ4v) is 4.06. The number of benzene rings is 1. The molecule has 0 unspecified atom stereocenters. The van der Waals surface area contributed by atoms with Gasteiger partial charge in [-0.05, 0) is 43.2 Å². The number of aromatic nitrogens is 2. The van der Waals surface area contributed by atoms with Crippen molar-refractivity contribution in [3.63, 3.8) is 0 Å². The predicted octanol–water partition coefficient (Wildman–Crippen LogP) is 3.56. The van der Waals surface area contributed by atoms with Crippen LogP contribution in [0, 0.1) is 23.1 Å². The van der Waals surface area contributed by atoms with Crippen LogP contribution in [0.1, 0.15) is 18.4 Å². The number of piperidine rings is 1. The second-order valence-electron chi connectivity index (χ2n) is 6.40. The molecule has 0 atom stereocenters. The molecule has 0 spiro atoms. The molecule has 3 heterocycles. The summed E-state index contributed by atoms with van der Waals surface area (Å²) in [6, 6.07) is 10.0. The summed E-state index contributed by atoms with van der Waals surface area (Å²) in [4.78, 5) is 23.3. The number of carbonyl (C=O) groups excluding carboxylic acids is 1. The molecule has 3 aromatic rings. The number of anilines is 2. The molecule has 136 valence electrons. The van der Waals surface area contributed by atoms with Crippen molar-refractivity contribution in [1.29, 1.82) is 5.26 Å². The average molecular weight is 381 g/mol. The first-order chi connectivity index (χ1) is 13.1. The monoisotopic (exact) mass is 381 g/mol. The van der Waals surface area contributed by atoms with Gasteiger partial charge in [0.25, 0.3) is 0 Å². The van der Waals surface area contributed by atoms with Crippen molar-refractivity contribution >= 4 is 38.4 Å². The van der Waals surface area contributed by atoms with E-state index in [9.17, 15) is 9.18 Å². The number of pyridine rings is 1. The number of nitrogens with one attached hydrogen (secondary N) is 1. The summed E-state index contributed by atoms with van der Waals surface area (Å²) < 4.78 is 14.0. The van der Waals surface area contributed by atoms with Crippen LogP contribution in [0.15, 0.2) is 36.5 Å². The van der Waals surface area contributed by atoms with Gasteiger partial charge in [0.2, 0.25) is 5.91 Å². The van der Waals surface area contributed by atoms with Crippen molar-refractivity contribution in [3.8, 4) is 6.07 Å². The van der Waals surface area contributed by atoms with Gasteiger partial charge in [0.1, 0.15) is 17.7 Å². The van der Waals surface area contributed by atoms with Gasteiger partial charge in [-0.1, -0.05) is 11.3 Å². The van der Waals surface area contributed by atoms with Crippen molar-refractivity contribution in [2.45, 2.75) is 12.8 Å². The van der Waals surface area contributed by atoms with E-state index in [1.165, 1.54) is 23.5 Å². The van der Waals surface area contributed by atoms with E-state index < -0.39 is 0 Å². The van der Waals surface area contributed by atoms with Crippen molar-refractivity contribution in [1.82, 2.24) is 9.97 Å². The molecule has 1 aromatic carbocycles. The summed E-state index contributed by atoms with van der Waals surface area (Å²) in [5.41, 5.74) is 1.21. The highest BCUT2D eigenvalue weighted by Crippen LogP contribution is 2.28. The molecule has 1 saturated heterocycles. The van der Waals surface area contributed by atoms with E-state index in [0.717, 1.165) is 18.9 Å². The van der Waals surface area contributed by atoms with Crippen LogP contribution in [-0.2, 0) is 4.79 Å². The maximum atomic E-state index is 13.3. The lowest BCUT2D eigenvalue weighted by Crippen LogP contribution is -2.38. The van der Waals surface area contributed by atoms with Crippen LogP contribution in [0.2, 0.25) is 0 Å². The maximum absolute atomic E-state index is 13.3. The molecule has 0 radical (unpaired) electrons. The van der Waals surface area contributed by atoms with Crippen LogP contribution in [0.3, 0.4) is 0 Å². The van der Waals surface area contributed by atoms with E-state index >= 15 is 0 Å². The highest BCUT2D eigenvalue weighted by atomic mass is 32.1. The van der Waals surface area contributed by atoms with Crippen molar-refractivity contribution in [3.05, 3.63) is 47.9 Å². The van der Waals surface area contributed by atoms with Crippen LogP contribution in [0.25, 0.3) is 10.2 Å². The van der Waals surface area contributed by atoms with E-state index in [4.69, 9.17) is 5.26 Å².